The Labute approximate surface area is 168 Å². The van der Waals surface area contributed by atoms with Crippen molar-refractivity contribution < 1.29 is 28.6 Å². The lowest BCUT2D eigenvalue weighted by Gasteiger charge is -2.34. The molecule has 2 amide bonds. The third kappa shape index (κ3) is 5.14. The molecule has 28 heavy (non-hydrogen) atoms. The predicted octanol–water partition coefficient (Wildman–Crippen LogP) is 1.72. The van der Waals surface area contributed by atoms with Gasteiger partial charge in [-0.25, -0.2) is 0 Å². The van der Waals surface area contributed by atoms with Crippen LogP contribution in [0.15, 0.2) is 12.1 Å². The second-order valence-electron chi connectivity index (χ2n) is 6.71. The number of rotatable bonds is 5. The normalized spacial score (nSPS) is 16.2. The van der Waals surface area contributed by atoms with Gasteiger partial charge >= 0.3 is 5.97 Å². The van der Waals surface area contributed by atoms with Crippen molar-refractivity contribution in [3.8, 4) is 5.75 Å². The van der Waals surface area contributed by atoms with E-state index in [0.717, 1.165) is 5.56 Å². The molecule has 1 aromatic rings. The molecule has 0 N–H and O–H groups in total. The van der Waals surface area contributed by atoms with E-state index in [9.17, 15) is 14.4 Å². The Morgan fingerprint density at radius 1 is 1.11 bits per heavy atom. The van der Waals surface area contributed by atoms with Gasteiger partial charge in [-0.05, 0) is 12.1 Å². The van der Waals surface area contributed by atoms with E-state index in [0.29, 0.717) is 49.1 Å². The Hall–Kier alpha value is -2.32. The van der Waals surface area contributed by atoms with Gasteiger partial charge in [0.1, 0.15) is 12.4 Å². The summed E-state index contributed by atoms with van der Waals surface area (Å²) < 4.78 is 16.0. The van der Waals surface area contributed by atoms with E-state index in [1.807, 2.05) is 0 Å². The van der Waals surface area contributed by atoms with Gasteiger partial charge in [-0.2, -0.15) is 0 Å². The summed E-state index contributed by atoms with van der Waals surface area (Å²) in [6.07, 6.45) is 0.0787. The summed E-state index contributed by atoms with van der Waals surface area (Å²) in [5, 5.41) is 0.513. The topological polar surface area (TPSA) is 85.4 Å². The molecule has 2 aliphatic rings. The van der Waals surface area contributed by atoms with Crippen molar-refractivity contribution in [2.75, 3.05) is 33.0 Å². The Bertz CT molecular complexity index is 761. The molecule has 152 valence electrons. The fraction of sp³-hybridized carbons (Fsp3) is 0.526. The molecule has 0 radical (unpaired) electrons. The standard InChI is InChI=1S/C19H23ClN2O6/c1-13(23)21-4-6-22(7-5-21)17(24)2-3-18(25)27-11-15-9-16(20)8-14-10-26-12-28-19(14)15/h8-9H,2-7,10-12H2,1H3. The Kier molecular flexibility index (Phi) is 6.74. The Morgan fingerprint density at radius 2 is 1.82 bits per heavy atom. The van der Waals surface area contributed by atoms with Gasteiger partial charge in [0.15, 0.2) is 6.79 Å². The van der Waals surface area contributed by atoms with Crippen molar-refractivity contribution in [1.82, 2.24) is 9.80 Å². The monoisotopic (exact) mass is 410 g/mol. The highest BCUT2D eigenvalue weighted by atomic mass is 35.5. The number of fused-ring (bicyclic) bond motifs is 1. The predicted molar refractivity (Wildman–Crippen MR) is 99.6 cm³/mol. The van der Waals surface area contributed by atoms with Gasteiger partial charge in [0.05, 0.1) is 13.0 Å². The van der Waals surface area contributed by atoms with Gasteiger partial charge in [-0.15, -0.1) is 0 Å². The lowest BCUT2D eigenvalue weighted by atomic mass is 10.1. The molecule has 0 aromatic heterocycles. The third-order valence-corrected chi connectivity index (χ3v) is 4.98. The summed E-state index contributed by atoms with van der Waals surface area (Å²) in [7, 11) is 0. The molecule has 0 spiro atoms. The van der Waals surface area contributed by atoms with Crippen LogP contribution in [0, 0.1) is 0 Å². The summed E-state index contributed by atoms with van der Waals surface area (Å²) in [6.45, 7) is 4.09. The van der Waals surface area contributed by atoms with Gasteiger partial charge in [0, 0.05) is 55.7 Å². The number of carbonyl (C=O) groups is 3. The van der Waals surface area contributed by atoms with Crippen LogP contribution in [0.25, 0.3) is 0 Å². The number of halogens is 1. The minimum Gasteiger partial charge on any atom is -0.467 e. The molecular weight excluding hydrogens is 388 g/mol. The number of carbonyl (C=O) groups excluding carboxylic acids is 3. The van der Waals surface area contributed by atoms with Crippen molar-refractivity contribution in [1.29, 1.82) is 0 Å². The number of piperazine rings is 1. The smallest absolute Gasteiger partial charge is 0.306 e. The first kappa shape index (κ1) is 20.4. The molecule has 1 saturated heterocycles. The summed E-state index contributed by atoms with van der Waals surface area (Å²) >= 11 is 6.09. The van der Waals surface area contributed by atoms with Crippen LogP contribution < -0.4 is 4.74 Å². The van der Waals surface area contributed by atoms with Crippen LogP contribution in [-0.4, -0.2) is 60.6 Å². The Morgan fingerprint density at radius 3 is 2.54 bits per heavy atom. The molecule has 0 aliphatic carbocycles. The molecule has 1 fully saturated rings. The van der Waals surface area contributed by atoms with E-state index in [1.54, 1.807) is 21.9 Å². The summed E-state index contributed by atoms with van der Waals surface area (Å²) in [4.78, 5) is 39.0. The maximum Gasteiger partial charge on any atom is 0.306 e. The zero-order valence-corrected chi connectivity index (χ0v) is 16.5. The third-order valence-electron chi connectivity index (χ3n) is 4.76. The molecule has 0 atom stereocenters. The second kappa shape index (κ2) is 9.25. The van der Waals surface area contributed by atoms with E-state index >= 15 is 0 Å². The molecule has 9 heteroatoms. The van der Waals surface area contributed by atoms with Gasteiger partial charge in [-0.1, -0.05) is 11.6 Å². The first-order valence-electron chi connectivity index (χ1n) is 9.15. The first-order chi connectivity index (χ1) is 13.4. The maximum atomic E-state index is 12.3. The molecule has 2 aliphatic heterocycles. The summed E-state index contributed by atoms with van der Waals surface area (Å²) in [5.74, 6) is 0.0644. The second-order valence-corrected chi connectivity index (χ2v) is 7.15. The summed E-state index contributed by atoms with van der Waals surface area (Å²) in [6, 6.07) is 3.45. The van der Waals surface area contributed by atoms with Crippen molar-refractivity contribution >= 4 is 29.4 Å². The van der Waals surface area contributed by atoms with E-state index in [2.05, 4.69) is 0 Å². The van der Waals surface area contributed by atoms with Crippen LogP contribution in [0.4, 0.5) is 0 Å². The van der Waals surface area contributed by atoms with Gasteiger partial charge in [0.2, 0.25) is 11.8 Å². The lowest BCUT2D eigenvalue weighted by molar-refractivity contribution is -0.147. The van der Waals surface area contributed by atoms with Crippen LogP contribution in [0.2, 0.25) is 5.02 Å². The van der Waals surface area contributed by atoms with Crippen molar-refractivity contribution in [2.45, 2.75) is 33.0 Å². The number of nitrogens with zero attached hydrogens (tertiary/aromatic N) is 2. The minimum atomic E-state index is -0.462. The molecule has 8 nitrogen and oxygen atoms in total. The quantitative estimate of drug-likeness (QED) is 0.687. The van der Waals surface area contributed by atoms with Gasteiger partial charge in [-0.3, -0.25) is 14.4 Å². The average molecular weight is 411 g/mol. The number of hydrogen-bond acceptors (Lipinski definition) is 6. The molecule has 3 rings (SSSR count). The van der Waals surface area contributed by atoms with Gasteiger partial charge < -0.3 is 24.0 Å². The van der Waals surface area contributed by atoms with E-state index < -0.39 is 5.97 Å². The molecular formula is C19H23ClN2O6. The molecule has 2 heterocycles. The highest BCUT2D eigenvalue weighted by molar-refractivity contribution is 6.30. The van der Waals surface area contributed by atoms with Crippen LogP contribution >= 0.6 is 11.6 Å². The first-order valence-corrected chi connectivity index (χ1v) is 9.52. The zero-order chi connectivity index (χ0) is 20.1. The van der Waals surface area contributed by atoms with Crippen LogP contribution in [0.3, 0.4) is 0 Å². The van der Waals surface area contributed by atoms with Gasteiger partial charge in [0.25, 0.3) is 0 Å². The van der Waals surface area contributed by atoms with Crippen LogP contribution in [0.5, 0.6) is 5.75 Å². The van der Waals surface area contributed by atoms with E-state index in [4.69, 9.17) is 25.8 Å². The lowest BCUT2D eigenvalue weighted by Crippen LogP contribution is -2.50. The number of ether oxygens (including phenoxy) is 3. The zero-order valence-electron chi connectivity index (χ0n) is 15.7. The Balaban J connectivity index is 1.45. The SMILES string of the molecule is CC(=O)N1CCN(C(=O)CCC(=O)OCc2cc(Cl)cc3c2OCOC3)CC1. The van der Waals surface area contributed by atoms with E-state index in [-0.39, 0.29) is 38.1 Å². The fourth-order valence-electron chi connectivity index (χ4n) is 3.23. The number of amides is 2. The molecule has 0 unspecified atom stereocenters. The van der Waals surface area contributed by atoms with Crippen molar-refractivity contribution in [3.63, 3.8) is 0 Å². The van der Waals surface area contributed by atoms with E-state index in [1.165, 1.54) is 6.92 Å². The van der Waals surface area contributed by atoms with Crippen LogP contribution in [0.1, 0.15) is 30.9 Å². The highest BCUT2D eigenvalue weighted by Gasteiger charge is 2.23. The molecule has 1 aromatic carbocycles. The van der Waals surface area contributed by atoms with Crippen LogP contribution in [-0.2, 0) is 37.1 Å². The van der Waals surface area contributed by atoms with Crippen molar-refractivity contribution in [2.24, 2.45) is 0 Å². The highest BCUT2D eigenvalue weighted by Crippen LogP contribution is 2.32. The fourth-order valence-corrected chi connectivity index (χ4v) is 3.50. The summed E-state index contributed by atoms with van der Waals surface area (Å²) in [5.41, 5.74) is 1.48. The number of esters is 1. The molecule has 0 saturated carbocycles. The number of benzene rings is 1. The average Bonchev–Trinajstić information content (AvgIpc) is 2.70. The molecule has 0 bridgehead atoms. The number of hydrogen-bond donors (Lipinski definition) is 0. The largest absolute Gasteiger partial charge is 0.467 e. The van der Waals surface area contributed by atoms with Crippen molar-refractivity contribution in [3.05, 3.63) is 28.3 Å². The minimum absolute atomic E-state index is 0.00151. The maximum absolute atomic E-state index is 12.3.